The van der Waals surface area contributed by atoms with Gasteiger partial charge in [-0.3, -0.25) is 19.2 Å². The second-order valence-corrected chi connectivity index (χ2v) is 13.2. The molecule has 12 heteroatoms. The fraction of sp³-hybridized carbons (Fsp3) is 0.818. The third-order valence-corrected chi connectivity index (χ3v) is 7.81. The molecule has 0 radical (unpaired) electrons. The maximum absolute atomic E-state index is 12.9. The Morgan fingerprint density at radius 2 is 1.60 bits per heavy atom. The van der Waals surface area contributed by atoms with Gasteiger partial charge in [-0.1, -0.05) is 91.2 Å². The fourth-order valence-electron chi connectivity index (χ4n) is 4.98. The lowest BCUT2D eigenvalue weighted by Crippen LogP contribution is -2.55. The summed E-state index contributed by atoms with van der Waals surface area (Å²) in [6.45, 7) is 7.72. The Morgan fingerprint density at radius 1 is 1.00 bits per heavy atom. The molecular formula is C33H59N3O9. The highest BCUT2D eigenvalue weighted by atomic mass is 16.5. The first-order valence-electron chi connectivity index (χ1n) is 16.5. The van der Waals surface area contributed by atoms with Crippen LogP contribution < -0.4 is 10.6 Å². The molecule has 0 aromatic rings. The maximum atomic E-state index is 12.9. The van der Waals surface area contributed by atoms with Crippen molar-refractivity contribution in [3.8, 4) is 0 Å². The van der Waals surface area contributed by atoms with E-state index in [1.807, 2.05) is 20.8 Å². The molecular weight excluding hydrogens is 582 g/mol. The average Bonchev–Trinajstić information content (AvgIpc) is 3.14. The molecule has 45 heavy (non-hydrogen) atoms. The van der Waals surface area contributed by atoms with Gasteiger partial charge in [-0.2, -0.15) is 0 Å². The molecule has 0 aromatic carbocycles. The average molecular weight is 642 g/mol. The molecule has 260 valence electrons. The highest BCUT2D eigenvalue weighted by Crippen LogP contribution is 2.18. The van der Waals surface area contributed by atoms with Crippen molar-refractivity contribution in [2.75, 3.05) is 27.2 Å². The molecule has 1 heterocycles. The smallest absolute Gasteiger partial charge is 0.325 e. The first-order chi connectivity index (χ1) is 21.2. The number of carbonyl (C=O) groups is 4. The molecule has 3 amide bonds. The van der Waals surface area contributed by atoms with Gasteiger partial charge in [0.1, 0.15) is 37.0 Å². The summed E-state index contributed by atoms with van der Waals surface area (Å²) in [6.07, 6.45) is 6.96. The molecule has 12 nitrogen and oxygen atoms in total. The summed E-state index contributed by atoms with van der Waals surface area (Å²) in [5, 5.41) is 36.3. The number of nitrogens with one attached hydrogen (secondary N) is 2. The van der Waals surface area contributed by atoms with Crippen LogP contribution in [0.3, 0.4) is 0 Å². The van der Waals surface area contributed by atoms with Gasteiger partial charge in [0.25, 0.3) is 5.91 Å². The van der Waals surface area contributed by atoms with Crippen molar-refractivity contribution in [1.82, 2.24) is 15.5 Å². The van der Waals surface area contributed by atoms with E-state index in [4.69, 9.17) is 9.47 Å². The number of nitrogens with zero attached hydrogens (tertiary/aromatic N) is 1. The van der Waals surface area contributed by atoms with Gasteiger partial charge < -0.3 is 40.3 Å². The Kier molecular flexibility index (Phi) is 19.2. The van der Waals surface area contributed by atoms with Crippen LogP contribution in [-0.2, 0) is 28.7 Å². The second kappa shape index (κ2) is 21.3. The minimum Gasteiger partial charge on any atom is -0.459 e. The van der Waals surface area contributed by atoms with Crippen molar-refractivity contribution < 1.29 is 44.0 Å². The van der Waals surface area contributed by atoms with Crippen molar-refractivity contribution in [3.05, 3.63) is 12.2 Å². The maximum Gasteiger partial charge on any atom is 0.325 e. The van der Waals surface area contributed by atoms with Gasteiger partial charge in [0.05, 0.1) is 6.54 Å². The first-order valence-corrected chi connectivity index (χ1v) is 16.5. The zero-order chi connectivity index (χ0) is 34.0. The monoisotopic (exact) mass is 641 g/mol. The number of aliphatic hydroxyl groups excluding tert-OH is 3. The Bertz CT molecular complexity index is 937. The largest absolute Gasteiger partial charge is 0.459 e. The summed E-state index contributed by atoms with van der Waals surface area (Å²) in [7, 11) is 2.73. The highest BCUT2D eigenvalue weighted by Gasteiger charge is 2.37. The van der Waals surface area contributed by atoms with Gasteiger partial charge >= 0.3 is 5.97 Å². The molecule has 1 fully saturated rings. The van der Waals surface area contributed by atoms with E-state index in [-0.39, 0.29) is 37.3 Å². The second-order valence-electron chi connectivity index (χ2n) is 13.2. The van der Waals surface area contributed by atoms with E-state index in [1.54, 1.807) is 13.1 Å². The Labute approximate surface area is 269 Å². The number of rotatable bonds is 20. The summed E-state index contributed by atoms with van der Waals surface area (Å²) in [5.41, 5.74) is -0.275. The van der Waals surface area contributed by atoms with Crippen LogP contribution in [-0.4, -0.2) is 108 Å². The van der Waals surface area contributed by atoms with Crippen molar-refractivity contribution in [3.63, 3.8) is 0 Å². The van der Waals surface area contributed by atoms with E-state index in [0.29, 0.717) is 6.42 Å². The number of carbonyl (C=O) groups excluding carboxylic acids is 4. The van der Waals surface area contributed by atoms with E-state index < -0.39 is 54.3 Å². The van der Waals surface area contributed by atoms with Crippen LogP contribution in [0.4, 0.5) is 0 Å². The van der Waals surface area contributed by atoms with E-state index in [1.165, 1.54) is 56.6 Å². The van der Waals surface area contributed by atoms with Gasteiger partial charge in [0.15, 0.2) is 6.10 Å². The van der Waals surface area contributed by atoms with Crippen LogP contribution >= 0.6 is 0 Å². The number of ether oxygens (including phenoxy) is 2. The van der Waals surface area contributed by atoms with E-state index in [2.05, 4.69) is 17.6 Å². The molecule has 0 bridgehead atoms. The van der Waals surface area contributed by atoms with Crippen LogP contribution in [0.25, 0.3) is 0 Å². The molecule has 6 atom stereocenters. The van der Waals surface area contributed by atoms with Gasteiger partial charge in [-0.15, -0.1) is 0 Å². The molecule has 1 rings (SSSR count). The van der Waals surface area contributed by atoms with Gasteiger partial charge in [0.2, 0.25) is 11.8 Å². The van der Waals surface area contributed by atoms with Crippen LogP contribution in [0.2, 0.25) is 0 Å². The topological polar surface area (TPSA) is 175 Å². The minimum absolute atomic E-state index is 0.0361. The van der Waals surface area contributed by atoms with Crippen molar-refractivity contribution in [1.29, 1.82) is 0 Å². The number of aliphatic hydroxyl groups is 3. The molecule has 0 saturated carbocycles. The molecule has 0 aromatic heterocycles. The molecule has 1 aliphatic heterocycles. The predicted octanol–water partition coefficient (Wildman–Crippen LogP) is 2.37. The van der Waals surface area contributed by atoms with Gasteiger partial charge in [0, 0.05) is 20.6 Å². The number of hydrogen-bond acceptors (Lipinski definition) is 9. The van der Waals surface area contributed by atoms with Crippen LogP contribution in [0.1, 0.15) is 105 Å². The fourth-order valence-corrected chi connectivity index (χ4v) is 4.98. The highest BCUT2D eigenvalue weighted by molar-refractivity contribution is 5.90. The predicted molar refractivity (Wildman–Crippen MR) is 171 cm³/mol. The Morgan fingerprint density at radius 3 is 2.18 bits per heavy atom. The van der Waals surface area contributed by atoms with E-state index in [9.17, 15) is 34.5 Å². The van der Waals surface area contributed by atoms with Crippen molar-refractivity contribution in [2.24, 2.45) is 5.41 Å². The molecule has 1 saturated heterocycles. The Balaban J connectivity index is 2.50. The lowest BCUT2D eigenvalue weighted by molar-refractivity contribution is -0.153. The third-order valence-electron chi connectivity index (χ3n) is 7.81. The van der Waals surface area contributed by atoms with Crippen molar-refractivity contribution in [2.45, 2.75) is 141 Å². The number of likely N-dealkylation sites (N-methyl/N-ethyl adjacent to an activating group) is 1. The molecule has 1 aliphatic rings. The number of esters is 1. The summed E-state index contributed by atoms with van der Waals surface area (Å²) >= 11 is 0. The lowest BCUT2D eigenvalue weighted by atomic mass is 9.94. The number of methoxy groups -OCH3 is 1. The minimum atomic E-state index is -1.78. The number of allylic oxidation sites excluding steroid dienone is 1. The molecule has 0 unspecified atom stereocenters. The normalized spacial score (nSPS) is 20.1. The summed E-state index contributed by atoms with van der Waals surface area (Å²) in [6, 6.07) is -1.01. The third kappa shape index (κ3) is 16.5. The number of amides is 3. The molecule has 0 spiro atoms. The van der Waals surface area contributed by atoms with Crippen LogP contribution in [0, 0.1) is 5.41 Å². The first kappa shape index (κ1) is 40.5. The quantitative estimate of drug-likeness (QED) is 0.0759. The molecule has 0 aliphatic carbocycles. The Hall–Kier alpha value is -2.54. The summed E-state index contributed by atoms with van der Waals surface area (Å²) in [4.78, 5) is 51.9. The lowest BCUT2D eigenvalue weighted by Gasteiger charge is -2.28. The summed E-state index contributed by atoms with van der Waals surface area (Å²) in [5.74, 6) is -2.06. The zero-order valence-corrected chi connectivity index (χ0v) is 28.3. The number of hydrogen-bond donors (Lipinski definition) is 5. The van der Waals surface area contributed by atoms with Crippen LogP contribution in [0.15, 0.2) is 12.2 Å². The zero-order valence-electron chi connectivity index (χ0n) is 28.3. The van der Waals surface area contributed by atoms with Crippen LogP contribution in [0.5, 0.6) is 0 Å². The van der Waals surface area contributed by atoms with Gasteiger partial charge in [-0.25, -0.2) is 0 Å². The standard InChI is InChI=1S/C33H59N3O9/c1-7-8-9-10-11-12-13-14-15-16-26(38)36(5)22-27(39)45-23-17-18-24(31(42)34-21-23)35-32(43)30(44-6)29(41)28(40)25(37)19-20-33(2,3)4/h19-20,23-25,28-30,37,40-41H,7-18,21-22H2,1-6H3,(H,34,42)(H,35,43)/b20-19+/t23-,24+,25-,28+,29-,30-/m1/s1. The van der Waals surface area contributed by atoms with E-state index in [0.717, 1.165) is 19.3 Å². The summed E-state index contributed by atoms with van der Waals surface area (Å²) < 4.78 is 10.6. The van der Waals surface area contributed by atoms with E-state index >= 15 is 0 Å². The SMILES string of the molecule is CCCCCCCCCCCC(=O)N(C)CC(=O)O[C@@H]1CC[C@H](NC(=O)[C@H](OC)[C@H](O)[C@@H](O)[C@H](O)/C=C/C(C)(C)C)C(=O)NC1. The molecule has 5 N–H and O–H groups in total. The van der Waals surface area contributed by atoms with Crippen molar-refractivity contribution >= 4 is 23.7 Å². The van der Waals surface area contributed by atoms with Gasteiger partial charge in [-0.05, 0) is 24.7 Å². The number of unbranched alkanes of at least 4 members (excludes halogenated alkanes) is 8.